The smallest absolute Gasteiger partial charge is 0.142 e. The van der Waals surface area contributed by atoms with Gasteiger partial charge in [0.05, 0.1) is 12.3 Å². The van der Waals surface area contributed by atoms with Crippen molar-refractivity contribution >= 4 is 5.69 Å². The van der Waals surface area contributed by atoms with Crippen molar-refractivity contribution in [1.29, 1.82) is 0 Å². The topological polar surface area (TPSA) is 21.3 Å². The van der Waals surface area contributed by atoms with E-state index in [0.717, 1.165) is 31.0 Å². The normalized spacial score (nSPS) is 10.4. The molecule has 0 spiro atoms. The van der Waals surface area contributed by atoms with E-state index in [9.17, 15) is 0 Å². The molecule has 0 aromatic heterocycles. The predicted molar refractivity (Wildman–Crippen MR) is 79.6 cm³/mol. The van der Waals surface area contributed by atoms with Crippen LogP contribution in [-0.4, -0.2) is 13.2 Å². The monoisotopic (exact) mass is 249 g/mol. The van der Waals surface area contributed by atoms with Crippen LogP contribution in [0.2, 0.25) is 0 Å². The maximum atomic E-state index is 5.78. The Morgan fingerprint density at radius 1 is 1.06 bits per heavy atom. The molecule has 1 aromatic carbocycles. The number of nitrogens with one attached hydrogen (secondary N) is 1. The van der Waals surface area contributed by atoms with Gasteiger partial charge in [0.15, 0.2) is 0 Å². The summed E-state index contributed by atoms with van der Waals surface area (Å²) in [5.41, 5.74) is 2.38. The highest BCUT2D eigenvalue weighted by molar-refractivity contribution is 5.57. The number of hydrogen-bond acceptors (Lipinski definition) is 2. The molecule has 0 radical (unpaired) electrons. The molecule has 2 nitrogen and oxygen atoms in total. The standard InChI is InChI=1S/C16H27NO/c1-4-6-7-8-11-17-15-10-9-14(3)13-16(15)18-12-5-2/h9-10,13,17H,4-8,11-12H2,1-3H3. The van der Waals surface area contributed by atoms with Crippen LogP contribution in [0.1, 0.15) is 51.5 Å². The number of benzene rings is 1. The molecule has 0 aliphatic heterocycles. The van der Waals surface area contributed by atoms with Gasteiger partial charge in [-0.1, -0.05) is 39.2 Å². The molecule has 0 atom stereocenters. The highest BCUT2D eigenvalue weighted by Crippen LogP contribution is 2.26. The van der Waals surface area contributed by atoms with Crippen LogP contribution in [0.5, 0.6) is 5.75 Å². The van der Waals surface area contributed by atoms with E-state index in [1.54, 1.807) is 0 Å². The Labute approximate surface area is 112 Å². The van der Waals surface area contributed by atoms with Gasteiger partial charge in [0.25, 0.3) is 0 Å². The summed E-state index contributed by atoms with van der Waals surface area (Å²) in [5, 5.41) is 3.48. The lowest BCUT2D eigenvalue weighted by molar-refractivity contribution is 0.318. The van der Waals surface area contributed by atoms with Gasteiger partial charge in [-0.15, -0.1) is 0 Å². The van der Waals surface area contributed by atoms with Gasteiger partial charge >= 0.3 is 0 Å². The van der Waals surface area contributed by atoms with E-state index in [1.807, 2.05) is 0 Å². The fourth-order valence-corrected chi connectivity index (χ4v) is 1.88. The first-order chi connectivity index (χ1) is 8.77. The summed E-state index contributed by atoms with van der Waals surface area (Å²) in [6.07, 6.45) is 6.20. The van der Waals surface area contributed by atoms with Gasteiger partial charge in [0.1, 0.15) is 5.75 Å². The second-order valence-electron chi connectivity index (χ2n) is 4.84. The molecule has 18 heavy (non-hydrogen) atoms. The minimum atomic E-state index is 0.786. The minimum Gasteiger partial charge on any atom is -0.491 e. The molecule has 0 amide bonds. The quantitative estimate of drug-likeness (QED) is 0.636. The SMILES string of the molecule is CCCCCCNc1ccc(C)cc1OCCC. The number of anilines is 1. The van der Waals surface area contributed by atoms with E-state index in [0.29, 0.717) is 0 Å². The van der Waals surface area contributed by atoms with Gasteiger partial charge in [0, 0.05) is 6.54 Å². The van der Waals surface area contributed by atoms with Crippen molar-refractivity contribution < 1.29 is 4.74 Å². The molecule has 0 saturated carbocycles. The van der Waals surface area contributed by atoms with Crippen LogP contribution in [0, 0.1) is 6.92 Å². The third-order valence-electron chi connectivity index (χ3n) is 2.94. The Kier molecular flexibility index (Phi) is 7.31. The van der Waals surface area contributed by atoms with Gasteiger partial charge in [-0.25, -0.2) is 0 Å². The van der Waals surface area contributed by atoms with Crippen LogP contribution >= 0.6 is 0 Å². The fraction of sp³-hybridized carbons (Fsp3) is 0.625. The summed E-state index contributed by atoms with van der Waals surface area (Å²) in [6, 6.07) is 6.37. The lowest BCUT2D eigenvalue weighted by Crippen LogP contribution is -2.05. The number of rotatable bonds is 9. The molecule has 1 N–H and O–H groups in total. The number of aryl methyl sites for hydroxylation is 1. The van der Waals surface area contributed by atoms with E-state index in [-0.39, 0.29) is 0 Å². The van der Waals surface area contributed by atoms with Crippen molar-refractivity contribution in [1.82, 2.24) is 0 Å². The van der Waals surface area contributed by atoms with Crippen molar-refractivity contribution in [3.05, 3.63) is 23.8 Å². The highest BCUT2D eigenvalue weighted by atomic mass is 16.5. The largest absolute Gasteiger partial charge is 0.491 e. The summed E-state index contributed by atoms with van der Waals surface area (Å²) in [7, 11) is 0. The molecule has 0 heterocycles. The lowest BCUT2D eigenvalue weighted by Gasteiger charge is -2.13. The van der Waals surface area contributed by atoms with Gasteiger partial charge in [0.2, 0.25) is 0 Å². The lowest BCUT2D eigenvalue weighted by atomic mass is 10.2. The highest BCUT2D eigenvalue weighted by Gasteiger charge is 2.03. The second-order valence-corrected chi connectivity index (χ2v) is 4.84. The summed E-state index contributed by atoms with van der Waals surface area (Å²) in [5.74, 6) is 0.993. The minimum absolute atomic E-state index is 0.786. The maximum absolute atomic E-state index is 5.78. The first-order valence-corrected chi connectivity index (χ1v) is 7.25. The Morgan fingerprint density at radius 2 is 1.89 bits per heavy atom. The molecule has 2 heteroatoms. The van der Waals surface area contributed by atoms with E-state index in [2.05, 4.69) is 44.3 Å². The third kappa shape index (κ3) is 5.44. The predicted octanol–water partition coefficient (Wildman–Crippen LogP) is 4.78. The van der Waals surface area contributed by atoms with Crippen molar-refractivity contribution in [2.24, 2.45) is 0 Å². The van der Waals surface area contributed by atoms with E-state index in [1.165, 1.54) is 31.2 Å². The van der Waals surface area contributed by atoms with Crippen molar-refractivity contribution in [2.75, 3.05) is 18.5 Å². The Hall–Kier alpha value is -1.18. The molecule has 0 aliphatic carbocycles. The average molecular weight is 249 g/mol. The van der Waals surface area contributed by atoms with Crippen molar-refractivity contribution in [3.8, 4) is 5.75 Å². The number of unbranched alkanes of at least 4 members (excludes halogenated alkanes) is 3. The van der Waals surface area contributed by atoms with Crippen LogP contribution in [0.3, 0.4) is 0 Å². The van der Waals surface area contributed by atoms with Crippen LogP contribution in [0.15, 0.2) is 18.2 Å². The molecule has 102 valence electrons. The molecule has 0 unspecified atom stereocenters. The maximum Gasteiger partial charge on any atom is 0.142 e. The molecule has 0 bridgehead atoms. The van der Waals surface area contributed by atoms with E-state index >= 15 is 0 Å². The Morgan fingerprint density at radius 3 is 2.61 bits per heavy atom. The molecule has 0 saturated heterocycles. The first-order valence-electron chi connectivity index (χ1n) is 7.25. The van der Waals surface area contributed by atoms with E-state index in [4.69, 9.17) is 4.74 Å². The van der Waals surface area contributed by atoms with Crippen LogP contribution < -0.4 is 10.1 Å². The Balaban J connectivity index is 2.47. The van der Waals surface area contributed by atoms with Crippen LogP contribution in [0.25, 0.3) is 0 Å². The summed E-state index contributed by atoms with van der Waals surface area (Å²) in [6.45, 7) is 8.29. The van der Waals surface area contributed by atoms with Crippen molar-refractivity contribution in [2.45, 2.75) is 52.9 Å². The Bertz CT molecular complexity index is 336. The zero-order valence-electron chi connectivity index (χ0n) is 12.1. The van der Waals surface area contributed by atoms with Crippen molar-refractivity contribution in [3.63, 3.8) is 0 Å². The zero-order valence-corrected chi connectivity index (χ0v) is 12.1. The first kappa shape index (κ1) is 14.9. The number of ether oxygens (including phenoxy) is 1. The molecular weight excluding hydrogens is 222 g/mol. The molecule has 0 fully saturated rings. The summed E-state index contributed by atoms with van der Waals surface area (Å²) >= 11 is 0. The van der Waals surface area contributed by atoms with Gasteiger partial charge < -0.3 is 10.1 Å². The summed E-state index contributed by atoms with van der Waals surface area (Å²) in [4.78, 5) is 0. The van der Waals surface area contributed by atoms with Crippen LogP contribution in [-0.2, 0) is 0 Å². The zero-order chi connectivity index (χ0) is 13.2. The number of hydrogen-bond donors (Lipinski definition) is 1. The molecule has 1 aromatic rings. The molecule has 0 aliphatic rings. The molecule has 1 rings (SSSR count). The van der Waals surface area contributed by atoms with Gasteiger partial charge in [-0.2, -0.15) is 0 Å². The third-order valence-corrected chi connectivity index (χ3v) is 2.94. The average Bonchev–Trinajstić information content (AvgIpc) is 2.38. The van der Waals surface area contributed by atoms with Gasteiger partial charge in [-0.05, 0) is 37.5 Å². The van der Waals surface area contributed by atoms with Gasteiger partial charge in [-0.3, -0.25) is 0 Å². The van der Waals surface area contributed by atoms with Crippen LogP contribution in [0.4, 0.5) is 5.69 Å². The molecular formula is C16H27NO. The summed E-state index contributed by atoms with van der Waals surface area (Å²) < 4.78 is 5.78. The fourth-order valence-electron chi connectivity index (χ4n) is 1.88. The van der Waals surface area contributed by atoms with E-state index < -0.39 is 0 Å². The second kappa shape index (κ2) is 8.84.